The summed E-state index contributed by atoms with van der Waals surface area (Å²) < 4.78 is 11.1. The van der Waals surface area contributed by atoms with Crippen LogP contribution in [0.15, 0.2) is 84.9 Å². The second-order valence-corrected chi connectivity index (χ2v) is 9.68. The molecule has 3 aromatic carbocycles. The molecule has 9 nitrogen and oxygen atoms in total. The zero-order chi connectivity index (χ0) is 27.5. The van der Waals surface area contributed by atoms with Crippen molar-refractivity contribution >= 4 is 29.8 Å². The van der Waals surface area contributed by atoms with Gasteiger partial charge in [0.15, 0.2) is 0 Å². The summed E-state index contributed by atoms with van der Waals surface area (Å²) >= 11 is 0. The molecule has 0 aliphatic carbocycles. The first-order valence-electron chi connectivity index (χ1n) is 12.7. The molecule has 9 heteroatoms. The summed E-state index contributed by atoms with van der Waals surface area (Å²) in [4.78, 5) is 54.3. The van der Waals surface area contributed by atoms with Crippen molar-refractivity contribution in [1.29, 1.82) is 0 Å². The Balaban J connectivity index is 1.40. The average Bonchev–Trinajstić information content (AvgIpc) is 3.48. The van der Waals surface area contributed by atoms with Gasteiger partial charge in [-0.25, -0.2) is 14.5 Å². The topological polar surface area (TPSA) is 113 Å². The lowest BCUT2D eigenvalue weighted by Gasteiger charge is -2.27. The van der Waals surface area contributed by atoms with E-state index in [0.29, 0.717) is 11.3 Å². The van der Waals surface area contributed by atoms with Gasteiger partial charge in [0.2, 0.25) is 5.91 Å². The molecule has 0 radical (unpaired) electrons. The van der Waals surface area contributed by atoms with E-state index in [1.165, 1.54) is 4.90 Å². The van der Waals surface area contributed by atoms with Crippen LogP contribution in [0.1, 0.15) is 42.1 Å². The van der Waals surface area contributed by atoms with Gasteiger partial charge in [-0.3, -0.25) is 14.5 Å². The Morgan fingerprint density at radius 2 is 1.62 bits per heavy atom. The SMILES string of the molecule is C[C@H]1[C@@H](c2ccccc2)OC(=O)N1C(=O)[C@@H](CC(=O)O)C1CN(C(=O)OCc2ccccc2)c2ccccc21. The first-order valence-corrected chi connectivity index (χ1v) is 12.7. The van der Waals surface area contributed by atoms with E-state index in [1.54, 1.807) is 31.2 Å². The Labute approximate surface area is 225 Å². The number of benzene rings is 3. The third kappa shape index (κ3) is 5.20. The standard InChI is InChI=1S/C30H28N2O7/c1-19-27(21-12-6-3-7-13-21)39-30(37)32(19)28(35)23(16-26(33)34)24-17-31(25-15-9-8-14-22(24)25)29(36)38-18-20-10-4-2-5-11-20/h2-15,19,23-24,27H,16-18H2,1H3,(H,33,34)/t19-,23-,24?,27-/m0/s1. The first kappa shape index (κ1) is 26.0. The summed E-state index contributed by atoms with van der Waals surface area (Å²) in [5.41, 5.74) is 2.75. The minimum atomic E-state index is -1.18. The van der Waals surface area contributed by atoms with Crippen LogP contribution in [0.3, 0.4) is 0 Å². The van der Waals surface area contributed by atoms with Crippen LogP contribution in [-0.4, -0.2) is 46.7 Å². The number of ether oxygens (including phenoxy) is 2. The Hall–Kier alpha value is -4.66. The highest BCUT2D eigenvalue weighted by Gasteiger charge is 2.49. The largest absolute Gasteiger partial charge is 0.481 e. The molecule has 0 aromatic heterocycles. The van der Waals surface area contributed by atoms with Crippen LogP contribution in [0.2, 0.25) is 0 Å². The van der Waals surface area contributed by atoms with Gasteiger partial charge in [-0.15, -0.1) is 0 Å². The maximum Gasteiger partial charge on any atom is 0.417 e. The number of rotatable bonds is 7. The van der Waals surface area contributed by atoms with E-state index in [0.717, 1.165) is 16.0 Å². The van der Waals surface area contributed by atoms with E-state index >= 15 is 0 Å². The van der Waals surface area contributed by atoms with E-state index in [2.05, 4.69) is 0 Å². The number of para-hydroxylation sites is 1. The highest BCUT2D eigenvalue weighted by molar-refractivity contribution is 5.98. The molecule has 5 rings (SSSR count). The molecule has 1 unspecified atom stereocenters. The smallest absolute Gasteiger partial charge is 0.417 e. The Bertz CT molecular complexity index is 1380. The second-order valence-electron chi connectivity index (χ2n) is 9.68. The fourth-order valence-electron chi connectivity index (χ4n) is 5.37. The summed E-state index contributed by atoms with van der Waals surface area (Å²) in [6, 6.07) is 24.7. The molecule has 200 valence electrons. The highest BCUT2D eigenvalue weighted by atomic mass is 16.6. The zero-order valence-electron chi connectivity index (χ0n) is 21.3. The van der Waals surface area contributed by atoms with Crippen molar-refractivity contribution in [3.63, 3.8) is 0 Å². The van der Waals surface area contributed by atoms with Gasteiger partial charge >= 0.3 is 18.2 Å². The zero-order valence-corrected chi connectivity index (χ0v) is 21.3. The minimum absolute atomic E-state index is 0.0377. The Morgan fingerprint density at radius 3 is 2.31 bits per heavy atom. The third-order valence-corrected chi connectivity index (χ3v) is 7.26. The van der Waals surface area contributed by atoms with Crippen LogP contribution in [0.5, 0.6) is 0 Å². The fraction of sp³-hybridized carbons (Fsp3) is 0.267. The van der Waals surface area contributed by atoms with Crippen molar-refractivity contribution < 1.29 is 33.8 Å². The number of hydrogen-bond donors (Lipinski definition) is 1. The molecule has 0 saturated carbocycles. The quantitative estimate of drug-likeness (QED) is 0.452. The lowest BCUT2D eigenvalue weighted by atomic mass is 9.84. The molecule has 1 saturated heterocycles. The number of nitrogens with zero attached hydrogens (tertiary/aromatic N) is 2. The third-order valence-electron chi connectivity index (χ3n) is 7.26. The number of carbonyl (C=O) groups is 4. The highest BCUT2D eigenvalue weighted by Crippen LogP contribution is 2.44. The number of carboxylic acids is 1. The van der Waals surface area contributed by atoms with Gasteiger partial charge in [-0.1, -0.05) is 78.9 Å². The molecule has 1 N–H and O–H groups in total. The monoisotopic (exact) mass is 528 g/mol. The number of fused-ring (bicyclic) bond motifs is 1. The predicted molar refractivity (Wildman–Crippen MR) is 141 cm³/mol. The number of hydrogen-bond acceptors (Lipinski definition) is 6. The molecule has 3 aromatic rings. The summed E-state index contributed by atoms with van der Waals surface area (Å²) in [5.74, 6) is -3.60. The minimum Gasteiger partial charge on any atom is -0.481 e. The molecule has 39 heavy (non-hydrogen) atoms. The summed E-state index contributed by atoms with van der Waals surface area (Å²) in [6.45, 7) is 1.81. The van der Waals surface area contributed by atoms with Crippen LogP contribution in [0.25, 0.3) is 0 Å². The molecule has 3 amide bonds. The van der Waals surface area contributed by atoms with Crippen LogP contribution in [0.4, 0.5) is 15.3 Å². The first-order chi connectivity index (χ1) is 18.8. The van der Waals surface area contributed by atoms with E-state index in [-0.39, 0.29) is 13.2 Å². The Kier molecular flexibility index (Phi) is 7.31. The molecule has 0 spiro atoms. The van der Waals surface area contributed by atoms with Gasteiger partial charge in [0, 0.05) is 12.5 Å². The van der Waals surface area contributed by atoms with Crippen LogP contribution < -0.4 is 4.90 Å². The van der Waals surface area contributed by atoms with Crippen molar-refractivity contribution in [3.8, 4) is 0 Å². The molecule has 2 heterocycles. The van der Waals surface area contributed by atoms with E-state index in [4.69, 9.17) is 9.47 Å². The van der Waals surface area contributed by atoms with Gasteiger partial charge in [0.1, 0.15) is 12.7 Å². The molecular weight excluding hydrogens is 500 g/mol. The predicted octanol–water partition coefficient (Wildman–Crippen LogP) is 5.13. The number of amides is 3. The van der Waals surface area contributed by atoms with Gasteiger partial charge in [0.05, 0.1) is 24.1 Å². The second kappa shape index (κ2) is 11.0. The molecule has 2 aliphatic heterocycles. The number of imide groups is 1. The van der Waals surface area contributed by atoms with Crippen molar-refractivity contribution in [2.75, 3.05) is 11.4 Å². The number of carboxylic acid groups (broad SMARTS) is 1. The van der Waals surface area contributed by atoms with Crippen LogP contribution >= 0.6 is 0 Å². The van der Waals surface area contributed by atoms with Crippen LogP contribution in [0, 0.1) is 5.92 Å². The van der Waals surface area contributed by atoms with Gasteiger partial charge in [-0.2, -0.15) is 0 Å². The van der Waals surface area contributed by atoms with Gasteiger partial charge in [-0.05, 0) is 29.7 Å². The molecule has 0 bridgehead atoms. The molecule has 4 atom stereocenters. The van der Waals surface area contributed by atoms with Crippen LogP contribution in [-0.2, 0) is 25.7 Å². The van der Waals surface area contributed by atoms with Crippen molar-refractivity contribution in [2.45, 2.75) is 38.0 Å². The number of aliphatic carboxylic acids is 1. The normalized spacial score (nSPS) is 20.7. The van der Waals surface area contributed by atoms with Crippen molar-refractivity contribution in [2.24, 2.45) is 5.92 Å². The lowest BCUT2D eigenvalue weighted by molar-refractivity contribution is -0.144. The molecular formula is C30H28N2O7. The lowest BCUT2D eigenvalue weighted by Crippen LogP contribution is -2.45. The summed E-state index contributed by atoms with van der Waals surface area (Å²) in [7, 11) is 0. The molecule has 1 fully saturated rings. The van der Waals surface area contributed by atoms with Gasteiger partial charge in [0.25, 0.3) is 0 Å². The van der Waals surface area contributed by atoms with Crippen molar-refractivity contribution in [1.82, 2.24) is 4.90 Å². The number of cyclic esters (lactones) is 1. The average molecular weight is 529 g/mol. The van der Waals surface area contributed by atoms with E-state index in [1.807, 2.05) is 60.7 Å². The number of anilines is 1. The fourth-order valence-corrected chi connectivity index (χ4v) is 5.37. The van der Waals surface area contributed by atoms with E-state index < -0.39 is 54.5 Å². The number of carbonyl (C=O) groups excluding carboxylic acids is 3. The van der Waals surface area contributed by atoms with Crippen molar-refractivity contribution in [3.05, 3.63) is 102 Å². The Morgan fingerprint density at radius 1 is 0.974 bits per heavy atom. The summed E-state index contributed by atoms with van der Waals surface area (Å²) in [5, 5.41) is 9.74. The maximum absolute atomic E-state index is 13.9. The van der Waals surface area contributed by atoms with E-state index in [9.17, 15) is 24.3 Å². The molecule has 2 aliphatic rings. The summed E-state index contributed by atoms with van der Waals surface area (Å²) in [6.07, 6.45) is -2.61. The van der Waals surface area contributed by atoms with Gasteiger partial charge < -0.3 is 14.6 Å². The maximum atomic E-state index is 13.9.